The fourth-order valence-electron chi connectivity index (χ4n) is 1.93. The summed E-state index contributed by atoms with van der Waals surface area (Å²) in [6.07, 6.45) is 1.34. The number of carbonyl (C=O) groups excluding carboxylic acids is 1. The molecule has 0 spiro atoms. The number of ketones is 1. The molecule has 0 N–H and O–H groups in total. The van der Waals surface area contributed by atoms with Gasteiger partial charge in [-0.1, -0.05) is 31.2 Å². The van der Waals surface area contributed by atoms with Gasteiger partial charge in [0.1, 0.15) is 17.3 Å². The van der Waals surface area contributed by atoms with E-state index in [-0.39, 0.29) is 5.78 Å². The summed E-state index contributed by atoms with van der Waals surface area (Å²) in [7, 11) is 0. The van der Waals surface area contributed by atoms with Gasteiger partial charge in [0.25, 0.3) is 0 Å². The third kappa shape index (κ3) is 2.64. The van der Waals surface area contributed by atoms with Crippen molar-refractivity contribution in [1.82, 2.24) is 0 Å². The summed E-state index contributed by atoms with van der Waals surface area (Å²) >= 11 is 0. The highest BCUT2D eigenvalue weighted by molar-refractivity contribution is 5.77. The first kappa shape index (κ1) is 11.6. The summed E-state index contributed by atoms with van der Waals surface area (Å²) in [6.45, 7) is 3.69. The zero-order valence-corrected chi connectivity index (χ0v) is 10.2. The number of benzene rings is 1. The highest BCUT2D eigenvalue weighted by Crippen LogP contribution is 2.26. The van der Waals surface area contributed by atoms with Crippen LogP contribution in [0.4, 0.5) is 0 Å². The van der Waals surface area contributed by atoms with Crippen LogP contribution in [-0.4, -0.2) is 5.78 Å². The lowest BCUT2D eigenvalue weighted by molar-refractivity contribution is -0.116. The fourth-order valence-corrected chi connectivity index (χ4v) is 1.93. The van der Waals surface area contributed by atoms with Crippen LogP contribution in [0, 0.1) is 0 Å². The van der Waals surface area contributed by atoms with Gasteiger partial charge in [0.05, 0.1) is 6.42 Å². The van der Waals surface area contributed by atoms with E-state index in [4.69, 9.17) is 4.42 Å². The van der Waals surface area contributed by atoms with Crippen LogP contribution in [0.25, 0.3) is 11.3 Å². The number of rotatable bonds is 4. The number of aryl methyl sites for hydroxylation is 1. The zero-order valence-electron chi connectivity index (χ0n) is 10.2. The molecule has 17 heavy (non-hydrogen) atoms. The monoisotopic (exact) mass is 228 g/mol. The number of carbonyl (C=O) groups is 1. The van der Waals surface area contributed by atoms with Crippen LogP contribution in [0.5, 0.6) is 0 Å². The summed E-state index contributed by atoms with van der Waals surface area (Å²) < 4.78 is 5.70. The van der Waals surface area contributed by atoms with Crippen LogP contribution in [0.3, 0.4) is 0 Å². The molecular formula is C15H16O2. The Labute approximate surface area is 101 Å². The van der Waals surface area contributed by atoms with Crippen LogP contribution in [-0.2, 0) is 17.6 Å². The standard InChI is InChI=1S/C15H16O2/c1-3-12-6-4-5-7-14(12)15-9-8-13(17-15)10-11(2)16/h4-9H,3,10H2,1-2H3. The molecule has 2 nitrogen and oxygen atoms in total. The number of furan rings is 1. The van der Waals surface area contributed by atoms with Crippen molar-refractivity contribution in [1.29, 1.82) is 0 Å². The van der Waals surface area contributed by atoms with Gasteiger partial charge in [-0.25, -0.2) is 0 Å². The van der Waals surface area contributed by atoms with Crippen LogP contribution in [0.15, 0.2) is 40.8 Å². The quantitative estimate of drug-likeness (QED) is 0.799. The Hall–Kier alpha value is -1.83. The molecule has 0 aliphatic rings. The van der Waals surface area contributed by atoms with Crippen LogP contribution < -0.4 is 0 Å². The molecule has 1 heterocycles. The smallest absolute Gasteiger partial charge is 0.137 e. The molecule has 0 bridgehead atoms. The molecule has 2 rings (SSSR count). The van der Waals surface area contributed by atoms with E-state index >= 15 is 0 Å². The Morgan fingerprint density at radius 3 is 2.65 bits per heavy atom. The van der Waals surface area contributed by atoms with Crippen LogP contribution in [0.1, 0.15) is 25.2 Å². The maximum atomic E-state index is 11.0. The van der Waals surface area contributed by atoms with Crippen molar-refractivity contribution in [3.8, 4) is 11.3 Å². The Morgan fingerprint density at radius 1 is 1.18 bits per heavy atom. The number of hydrogen-bond donors (Lipinski definition) is 0. The molecule has 1 aromatic heterocycles. The molecule has 0 unspecified atom stereocenters. The second-order valence-electron chi connectivity index (χ2n) is 4.16. The Balaban J connectivity index is 2.33. The molecule has 0 atom stereocenters. The molecule has 88 valence electrons. The van der Waals surface area contributed by atoms with Crippen molar-refractivity contribution >= 4 is 5.78 Å². The van der Waals surface area contributed by atoms with E-state index in [0.29, 0.717) is 6.42 Å². The first-order valence-electron chi connectivity index (χ1n) is 5.87. The molecule has 0 saturated heterocycles. The predicted octanol–water partition coefficient (Wildman–Crippen LogP) is 3.64. The highest BCUT2D eigenvalue weighted by atomic mass is 16.3. The first-order chi connectivity index (χ1) is 8.20. The van der Waals surface area contributed by atoms with Crippen molar-refractivity contribution < 1.29 is 9.21 Å². The van der Waals surface area contributed by atoms with Gasteiger partial charge in [-0.15, -0.1) is 0 Å². The second-order valence-corrected chi connectivity index (χ2v) is 4.16. The number of hydrogen-bond acceptors (Lipinski definition) is 2. The van der Waals surface area contributed by atoms with Gasteiger partial charge in [-0.2, -0.15) is 0 Å². The Morgan fingerprint density at radius 2 is 1.94 bits per heavy atom. The molecule has 0 aliphatic carbocycles. The summed E-state index contributed by atoms with van der Waals surface area (Å²) in [6, 6.07) is 12.0. The van der Waals surface area contributed by atoms with Crippen molar-refractivity contribution in [2.75, 3.05) is 0 Å². The maximum absolute atomic E-state index is 11.0. The van der Waals surface area contributed by atoms with E-state index in [0.717, 1.165) is 23.5 Å². The van der Waals surface area contributed by atoms with Gasteiger partial charge in [0.15, 0.2) is 0 Å². The third-order valence-electron chi connectivity index (χ3n) is 2.75. The predicted molar refractivity (Wildman–Crippen MR) is 67.9 cm³/mol. The van der Waals surface area contributed by atoms with Gasteiger partial charge in [-0.05, 0) is 31.0 Å². The van der Waals surface area contributed by atoms with Gasteiger partial charge in [-0.3, -0.25) is 4.79 Å². The van der Waals surface area contributed by atoms with Gasteiger partial charge in [0.2, 0.25) is 0 Å². The molecule has 1 aromatic carbocycles. The molecule has 0 fully saturated rings. The third-order valence-corrected chi connectivity index (χ3v) is 2.75. The lowest BCUT2D eigenvalue weighted by atomic mass is 10.0. The largest absolute Gasteiger partial charge is 0.461 e. The molecule has 2 heteroatoms. The Bertz CT molecular complexity index is 523. The topological polar surface area (TPSA) is 30.2 Å². The van der Waals surface area contributed by atoms with Gasteiger partial charge >= 0.3 is 0 Å². The number of Topliss-reactive ketones (excluding diaryl/α,β-unsaturated/α-hetero) is 1. The maximum Gasteiger partial charge on any atom is 0.137 e. The summed E-state index contributed by atoms with van der Waals surface area (Å²) in [4.78, 5) is 11.0. The van der Waals surface area contributed by atoms with Gasteiger partial charge in [0, 0.05) is 5.56 Å². The molecular weight excluding hydrogens is 212 g/mol. The highest BCUT2D eigenvalue weighted by Gasteiger charge is 2.09. The van der Waals surface area contributed by atoms with Crippen molar-refractivity contribution in [3.05, 3.63) is 47.7 Å². The normalized spacial score (nSPS) is 10.5. The first-order valence-corrected chi connectivity index (χ1v) is 5.87. The SMILES string of the molecule is CCc1ccccc1-c1ccc(CC(C)=O)o1. The van der Waals surface area contributed by atoms with E-state index < -0.39 is 0 Å². The minimum absolute atomic E-state index is 0.120. The molecule has 0 aliphatic heterocycles. The van der Waals surface area contributed by atoms with Crippen molar-refractivity contribution in [2.24, 2.45) is 0 Å². The lowest BCUT2D eigenvalue weighted by Crippen LogP contribution is -1.93. The molecule has 0 radical (unpaired) electrons. The van der Waals surface area contributed by atoms with Crippen LogP contribution in [0.2, 0.25) is 0 Å². The minimum Gasteiger partial charge on any atom is -0.461 e. The summed E-state index contributed by atoms with van der Waals surface area (Å²) in [5, 5.41) is 0. The zero-order chi connectivity index (χ0) is 12.3. The molecule has 2 aromatic rings. The Kier molecular flexibility index (Phi) is 3.43. The molecule has 0 amide bonds. The van der Waals surface area contributed by atoms with E-state index in [1.807, 2.05) is 24.3 Å². The lowest BCUT2D eigenvalue weighted by Gasteiger charge is -2.04. The average Bonchev–Trinajstić information content (AvgIpc) is 2.76. The van der Waals surface area contributed by atoms with E-state index in [1.165, 1.54) is 5.56 Å². The fraction of sp³-hybridized carbons (Fsp3) is 0.267. The minimum atomic E-state index is 0.120. The van der Waals surface area contributed by atoms with Gasteiger partial charge < -0.3 is 4.42 Å². The van der Waals surface area contributed by atoms with Crippen molar-refractivity contribution in [2.45, 2.75) is 26.7 Å². The second kappa shape index (κ2) is 5.00. The summed E-state index contributed by atoms with van der Waals surface area (Å²) in [5.41, 5.74) is 2.38. The van der Waals surface area contributed by atoms with E-state index in [2.05, 4.69) is 19.1 Å². The average molecular weight is 228 g/mol. The summed E-state index contributed by atoms with van der Waals surface area (Å²) in [5.74, 6) is 1.70. The molecule has 0 saturated carbocycles. The van der Waals surface area contributed by atoms with E-state index in [1.54, 1.807) is 6.92 Å². The van der Waals surface area contributed by atoms with E-state index in [9.17, 15) is 4.79 Å². The van der Waals surface area contributed by atoms with Crippen molar-refractivity contribution in [3.63, 3.8) is 0 Å². The van der Waals surface area contributed by atoms with Crippen LogP contribution >= 0.6 is 0 Å².